The summed E-state index contributed by atoms with van der Waals surface area (Å²) in [5, 5.41) is 1.22. The van der Waals surface area contributed by atoms with E-state index in [-0.39, 0.29) is 48.6 Å². The number of nitrogens with zero attached hydrogens (tertiary/aromatic N) is 4. The van der Waals surface area contributed by atoms with Crippen molar-refractivity contribution < 1.29 is 25.8 Å². The van der Waals surface area contributed by atoms with Crippen molar-refractivity contribution in [2.45, 2.75) is 122 Å². The van der Waals surface area contributed by atoms with Crippen LogP contribution in [0.15, 0.2) is 194 Å². The van der Waals surface area contributed by atoms with Crippen LogP contribution in [-0.2, 0) is 48.1 Å². The SMILES string of the molecule is CC(C)(C)c1cc(-c2cc(C(C)(C)C)cc(-c3ccccc3)c2N2[CH-]N(c3[c-]c(Oc4[c-]c5c6c(c4)C(c4ccccc4)(c4ccccc4)C4CC=Cc(c64)n5-c4cc(C(C)(C)C)ccn4)ccc3)c3ccccc32)cc(C(C)(C)C)c1.[Pt]. The molecular weight excluding hydrogens is 1190 g/mol. The van der Waals surface area contributed by atoms with E-state index in [4.69, 9.17) is 9.72 Å². The number of aromatic nitrogens is 2. The third kappa shape index (κ3) is 9.58. The molecule has 8 aromatic carbocycles. The van der Waals surface area contributed by atoms with Crippen LogP contribution >= 0.6 is 0 Å². The Kier molecular flexibility index (Phi) is 13.8. The maximum atomic E-state index is 7.24. The van der Waals surface area contributed by atoms with Crippen LogP contribution < -0.4 is 14.5 Å². The molecule has 2 aliphatic carbocycles. The summed E-state index contributed by atoms with van der Waals surface area (Å²) in [5.41, 5.74) is 20.3. The number of anilines is 4. The van der Waals surface area contributed by atoms with E-state index in [1.165, 1.54) is 66.6 Å². The maximum absolute atomic E-state index is 7.24. The molecule has 3 aliphatic rings. The molecule has 1 atom stereocenters. The van der Waals surface area contributed by atoms with Crippen molar-refractivity contribution in [1.82, 2.24) is 9.55 Å². The third-order valence-electron chi connectivity index (χ3n) is 17.4. The molecule has 0 radical (unpaired) electrons. The zero-order valence-corrected chi connectivity index (χ0v) is 52.2. The number of fused-ring (bicyclic) bond motifs is 1. The molecule has 0 saturated heterocycles. The first-order chi connectivity index (χ1) is 39.2. The Balaban J connectivity index is 0.00000680. The zero-order chi connectivity index (χ0) is 57.1. The molecule has 83 heavy (non-hydrogen) atoms. The summed E-state index contributed by atoms with van der Waals surface area (Å²) in [4.78, 5) is 9.79. The van der Waals surface area contributed by atoms with E-state index in [1.807, 2.05) is 12.3 Å². The van der Waals surface area contributed by atoms with E-state index in [1.54, 1.807) is 0 Å². The van der Waals surface area contributed by atoms with Gasteiger partial charge < -0.3 is 19.1 Å². The molecule has 5 nitrogen and oxygen atoms in total. The Morgan fingerprint density at radius 2 is 1.08 bits per heavy atom. The Hall–Kier alpha value is -7.72. The van der Waals surface area contributed by atoms with Crippen molar-refractivity contribution in [3.63, 3.8) is 0 Å². The number of pyridine rings is 1. The van der Waals surface area contributed by atoms with E-state index in [2.05, 4.69) is 304 Å². The average molecular weight is 1270 g/mol. The number of hydrogen-bond donors (Lipinski definition) is 0. The van der Waals surface area contributed by atoms with Crippen LogP contribution in [0.2, 0.25) is 0 Å². The fraction of sp³-hybridized carbons (Fsp3) is 0.247. The summed E-state index contributed by atoms with van der Waals surface area (Å²) >= 11 is 0. The van der Waals surface area contributed by atoms with Gasteiger partial charge in [0.2, 0.25) is 0 Å². The summed E-state index contributed by atoms with van der Waals surface area (Å²) in [6.45, 7) is 30.0. The van der Waals surface area contributed by atoms with Gasteiger partial charge >= 0.3 is 0 Å². The van der Waals surface area contributed by atoms with Crippen LogP contribution in [0.3, 0.4) is 0 Å². The smallest absolute Gasteiger partial charge is 0.135 e. The quantitative estimate of drug-likeness (QED) is 0.135. The molecule has 420 valence electrons. The van der Waals surface area contributed by atoms with Crippen molar-refractivity contribution in [3.8, 4) is 39.6 Å². The molecule has 0 bridgehead atoms. The Morgan fingerprint density at radius 1 is 0.530 bits per heavy atom. The Morgan fingerprint density at radius 3 is 1.69 bits per heavy atom. The van der Waals surface area contributed by atoms with Gasteiger partial charge in [0, 0.05) is 78.1 Å². The fourth-order valence-corrected chi connectivity index (χ4v) is 13.1. The number of para-hydroxylation sites is 2. The molecule has 3 heterocycles. The van der Waals surface area contributed by atoms with Gasteiger partial charge in [0.25, 0.3) is 0 Å². The second-order valence-corrected chi connectivity index (χ2v) is 27.0. The maximum Gasteiger partial charge on any atom is 0.135 e. The van der Waals surface area contributed by atoms with Crippen molar-refractivity contribution in [2.75, 3.05) is 9.80 Å². The van der Waals surface area contributed by atoms with Crippen LogP contribution in [0.1, 0.15) is 146 Å². The van der Waals surface area contributed by atoms with Crippen LogP contribution in [0.25, 0.3) is 45.1 Å². The number of allylic oxidation sites excluding steroid dienone is 1. The molecule has 1 unspecified atom stereocenters. The van der Waals surface area contributed by atoms with Gasteiger partial charge in [-0.3, -0.25) is 0 Å². The first-order valence-corrected chi connectivity index (χ1v) is 29.2. The number of rotatable bonds is 9. The monoisotopic (exact) mass is 1260 g/mol. The van der Waals surface area contributed by atoms with Gasteiger partial charge in [0.15, 0.2) is 0 Å². The van der Waals surface area contributed by atoms with Crippen molar-refractivity contribution in [2.24, 2.45) is 0 Å². The third-order valence-corrected chi connectivity index (χ3v) is 17.4. The molecular formula is C77H73N4OPt-3. The van der Waals surface area contributed by atoms with Gasteiger partial charge in [0.1, 0.15) is 5.82 Å². The minimum atomic E-state index is -0.508. The van der Waals surface area contributed by atoms with E-state index < -0.39 is 5.41 Å². The van der Waals surface area contributed by atoms with Gasteiger partial charge in [0.05, 0.1) is 0 Å². The summed E-state index contributed by atoms with van der Waals surface area (Å²) < 4.78 is 9.57. The molecule has 0 N–H and O–H groups in total. The van der Waals surface area contributed by atoms with Gasteiger partial charge in [-0.05, 0) is 121 Å². The first-order valence-electron chi connectivity index (χ1n) is 29.2. The largest absolute Gasteiger partial charge is 0.509 e. The fourth-order valence-electron chi connectivity index (χ4n) is 13.1. The number of benzene rings is 8. The molecule has 0 saturated carbocycles. The van der Waals surface area contributed by atoms with E-state index in [9.17, 15) is 0 Å². The summed E-state index contributed by atoms with van der Waals surface area (Å²) in [6.07, 6.45) is 7.51. The minimum Gasteiger partial charge on any atom is -0.509 e. The molecule has 13 rings (SSSR count). The molecule has 1 aliphatic heterocycles. The summed E-state index contributed by atoms with van der Waals surface area (Å²) in [5.74, 6) is 2.21. The normalized spacial score (nSPS) is 15.4. The minimum absolute atomic E-state index is 0. The molecule has 0 fully saturated rings. The Bertz CT molecular complexity index is 4060. The first kappa shape index (κ1) is 55.8. The van der Waals surface area contributed by atoms with E-state index >= 15 is 0 Å². The van der Waals surface area contributed by atoms with Crippen LogP contribution in [0.5, 0.6) is 11.5 Å². The van der Waals surface area contributed by atoms with E-state index in [0.717, 1.165) is 51.8 Å². The van der Waals surface area contributed by atoms with Gasteiger partial charge in [-0.2, -0.15) is 6.07 Å². The zero-order valence-electron chi connectivity index (χ0n) is 49.9. The standard InChI is InChI=1S/C77H73N4O.Pt/c1-73(2,3)54-38-39-78-69(45-54)81-67-37-25-34-63-70(67)71-64(77(63,52-28-18-14-19-29-52)53-30-20-15-21-31-53)47-60(48-68(71)81)82-59-33-24-32-58(46-59)79-49-80(66-36-23-22-35-65(66)79)72-61(50-26-16-13-17-27-50)43-57(76(10,11)12)44-62(72)51-40-55(74(4,5)6)42-56(41-51)75(7,8)9;/h13-33,35-45,47,49,63H,34H2,1-12H3;/q-3;. The van der Waals surface area contributed by atoms with Crippen molar-refractivity contribution in [1.29, 1.82) is 0 Å². The molecule has 0 spiro atoms. The van der Waals surface area contributed by atoms with Gasteiger partial charge in [-0.25, -0.2) is 4.98 Å². The van der Waals surface area contributed by atoms with Gasteiger partial charge in [-0.15, -0.1) is 53.6 Å². The predicted molar refractivity (Wildman–Crippen MR) is 342 cm³/mol. The predicted octanol–water partition coefficient (Wildman–Crippen LogP) is 20.2. The molecule has 10 aromatic rings. The molecule has 6 heteroatoms. The summed E-state index contributed by atoms with van der Waals surface area (Å²) in [7, 11) is 0. The molecule has 2 aromatic heterocycles. The van der Waals surface area contributed by atoms with Crippen LogP contribution in [0.4, 0.5) is 22.7 Å². The van der Waals surface area contributed by atoms with Crippen LogP contribution in [0, 0.1) is 18.8 Å². The van der Waals surface area contributed by atoms with Crippen LogP contribution in [-0.4, -0.2) is 9.55 Å². The Labute approximate surface area is 507 Å². The second kappa shape index (κ2) is 20.6. The number of ether oxygens (including phenoxy) is 1. The van der Waals surface area contributed by atoms with Gasteiger partial charge in [-0.1, -0.05) is 222 Å². The summed E-state index contributed by atoms with van der Waals surface area (Å²) in [6, 6.07) is 74.7. The van der Waals surface area contributed by atoms with Crippen molar-refractivity contribution >= 4 is 39.7 Å². The topological polar surface area (TPSA) is 33.5 Å². The van der Waals surface area contributed by atoms with E-state index in [0.29, 0.717) is 11.5 Å². The number of hydrogen-bond acceptors (Lipinski definition) is 4. The average Bonchev–Trinajstić information content (AvgIpc) is 2.32. The second-order valence-electron chi connectivity index (χ2n) is 27.0. The van der Waals surface area contributed by atoms with Crippen molar-refractivity contribution in [3.05, 3.63) is 263 Å². The molecule has 0 amide bonds.